The highest BCUT2D eigenvalue weighted by Gasteiger charge is 2.42. The second-order valence-electron chi connectivity index (χ2n) is 5.38. The zero-order valence-electron chi connectivity index (χ0n) is 13.0. The van der Waals surface area contributed by atoms with Crippen LogP contribution in [0.3, 0.4) is 0 Å². The molecule has 1 N–H and O–H groups in total. The third-order valence-corrected chi connectivity index (χ3v) is 6.75. The van der Waals surface area contributed by atoms with Crippen molar-refractivity contribution < 1.29 is 4.74 Å². The van der Waals surface area contributed by atoms with E-state index in [9.17, 15) is 0 Å². The van der Waals surface area contributed by atoms with Gasteiger partial charge in [0.25, 0.3) is 0 Å². The molecule has 1 fully saturated rings. The fraction of sp³-hybridized carbons (Fsp3) is 0.800. The van der Waals surface area contributed by atoms with Gasteiger partial charge in [-0.3, -0.25) is 0 Å². The second kappa shape index (κ2) is 7.25. The Hall–Kier alpha value is -0.100. The summed E-state index contributed by atoms with van der Waals surface area (Å²) in [5.41, 5.74) is 1.30. The zero-order valence-corrected chi connectivity index (χ0v) is 14.6. The smallest absolute Gasteiger partial charge is 0.114 e. The van der Waals surface area contributed by atoms with Crippen LogP contribution in [0.2, 0.25) is 0 Å². The first-order valence-corrected chi connectivity index (χ1v) is 9.33. The SMILES string of the molecule is CCc1nc(C2(NCCOC)CCCSC2C)sc1C. The van der Waals surface area contributed by atoms with Gasteiger partial charge in [-0.25, -0.2) is 4.98 Å². The number of hydrogen-bond donors (Lipinski definition) is 1. The van der Waals surface area contributed by atoms with E-state index < -0.39 is 0 Å². The van der Waals surface area contributed by atoms with Gasteiger partial charge in [0.1, 0.15) is 5.01 Å². The number of ether oxygens (including phenoxy) is 1. The third-order valence-electron chi connectivity index (χ3n) is 4.13. The van der Waals surface area contributed by atoms with Gasteiger partial charge in [0.15, 0.2) is 0 Å². The van der Waals surface area contributed by atoms with Gasteiger partial charge in [-0.1, -0.05) is 13.8 Å². The first-order valence-electron chi connectivity index (χ1n) is 7.46. The molecule has 1 aliphatic heterocycles. The van der Waals surface area contributed by atoms with Gasteiger partial charge in [-0.05, 0) is 31.9 Å². The van der Waals surface area contributed by atoms with Crippen LogP contribution in [0.15, 0.2) is 0 Å². The standard InChI is InChI=1S/C15H26N2OS2/c1-5-13-11(2)20-14(17-13)15(16-8-9-18-4)7-6-10-19-12(15)3/h12,16H,5-10H2,1-4H3. The molecule has 2 rings (SSSR count). The van der Waals surface area contributed by atoms with Crippen molar-refractivity contribution in [2.24, 2.45) is 0 Å². The van der Waals surface area contributed by atoms with E-state index in [0.29, 0.717) is 5.25 Å². The van der Waals surface area contributed by atoms with Crippen molar-refractivity contribution in [3.63, 3.8) is 0 Å². The Morgan fingerprint density at radius 3 is 2.90 bits per heavy atom. The van der Waals surface area contributed by atoms with Crippen molar-refractivity contribution in [2.75, 3.05) is 26.0 Å². The zero-order chi connectivity index (χ0) is 14.6. The molecule has 5 heteroatoms. The largest absolute Gasteiger partial charge is 0.383 e. The molecule has 0 spiro atoms. The molecule has 0 aromatic carbocycles. The molecule has 0 aliphatic carbocycles. The van der Waals surface area contributed by atoms with Gasteiger partial charge in [0, 0.05) is 23.8 Å². The Morgan fingerprint density at radius 1 is 1.50 bits per heavy atom. The molecule has 2 unspecified atom stereocenters. The molecule has 1 aromatic heterocycles. The highest BCUT2D eigenvalue weighted by Crippen LogP contribution is 2.43. The Balaban J connectivity index is 2.28. The minimum atomic E-state index is 0.0320. The molecule has 3 nitrogen and oxygen atoms in total. The van der Waals surface area contributed by atoms with Crippen LogP contribution < -0.4 is 5.32 Å². The van der Waals surface area contributed by atoms with E-state index in [2.05, 4.69) is 37.8 Å². The molecular formula is C15H26N2OS2. The van der Waals surface area contributed by atoms with Gasteiger partial charge in [-0.15, -0.1) is 11.3 Å². The fourth-order valence-electron chi connectivity index (χ4n) is 2.87. The molecule has 1 saturated heterocycles. The first kappa shape index (κ1) is 16.3. The Kier molecular flexibility index (Phi) is 5.90. The lowest BCUT2D eigenvalue weighted by atomic mass is 9.90. The van der Waals surface area contributed by atoms with Crippen molar-refractivity contribution in [1.29, 1.82) is 0 Å². The van der Waals surface area contributed by atoms with Crippen LogP contribution in [0.5, 0.6) is 0 Å². The summed E-state index contributed by atoms with van der Waals surface area (Å²) in [4.78, 5) is 6.33. The number of aromatic nitrogens is 1. The number of thioether (sulfide) groups is 1. The summed E-state index contributed by atoms with van der Waals surface area (Å²) in [6.07, 6.45) is 3.47. The van der Waals surface area contributed by atoms with E-state index in [0.717, 1.165) is 19.6 Å². The van der Waals surface area contributed by atoms with Crippen molar-refractivity contribution in [3.8, 4) is 0 Å². The van der Waals surface area contributed by atoms with E-state index in [4.69, 9.17) is 9.72 Å². The highest BCUT2D eigenvalue weighted by atomic mass is 32.2. The minimum absolute atomic E-state index is 0.0320. The van der Waals surface area contributed by atoms with Crippen LogP contribution in [0.25, 0.3) is 0 Å². The van der Waals surface area contributed by atoms with E-state index >= 15 is 0 Å². The molecule has 0 saturated carbocycles. The molecule has 0 bridgehead atoms. The predicted octanol–water partition coefficient (Wildman–Crippen LogP) is 3.36. The number of rotatable bonds is 6. The lowest BCUT2D eigenvalue weighted by molar-refractivity contribution is 0.178. The molecular weight excluding hydrogens is 288 g/mol. The lowest BCUT2D eigenvalue weighted by Gasteiger charge is -2.41. The van der Waals surface area contributed by atoms with E-state index in [1.165, 1.54) is 34.2 Å². The van der Waals surface area contributed by atoms with Crippen molar-refractivity contribution >= 4 is 23.1 Å². The summed E-state index contributed by atoms with van der Waals surface area (Å²) in [5, 5.41) is 5.61. The molecule has 2 heterocycles. The monoisotopic (exact) mass is 314 g/mol. The van der Waals surface area contributed by atoms with Crippen LogP contribution >= 0.6 is 23.1 Å². The number of methoxy groups -OCH3 is 1. The third kappa shape index (κ3) is 3.21. The summed E-state index contributed by atoms with van der Waals surface area (Å²) < 4.78 is 5.21. The fourth-order valence-corrected chi connectivity index (χ4v) is 5.49. The predicted molar refractivity (Wildman–Crippen MR) is 88.9 cm³/mol. The maximum atomic E-state index is 5.21. The molecule has 114 valence electrons. The molecule has 1 aliphatic rings. The number of nitrogens with zero attached hydrogens (tertiary/aromatic N) is 1. The summed E-state index contributed by atoms with van der Waals surface area (Å²) >= 11 is 3.94. The average Bonchev–Trinajstić information content (AvgIpc) is 2.83. The average molecular weight is 315 g/mol. The van der Waals surface area contributed by atoms with E-state index in [-0.39, 0.29) is 5.54 Å². The number of nitrogens with one attached hydrogen (secondary N) is 1. The topological polar surface area (TPSA) is 34.2 Å². The molecule has 0 radical (unpaired) electrons. The second-order valence-corrected chi connectivity index (χ2v) is 8.03. The Bertz CT molecular complexity index is 436. The maximum Gasteiger partial charge on any atom is 0.114 e. The molecule has 0 amide bonds. The normalized spacial score (nSPS) is 26.9. The summed E-state index contributed by atoms with van der Waals surface area (Å²) in [5.74, 6) is 1.26. The van der Waals surface area contributed by atoms with Gasteiger partial charge >= 0.3 is 0 Å². The maximum absolute atomic E-state index is 5.21. The quantitative estimate of drug-likeness (QED) is 0.817. The Labute approximate surface area is 130 Å². The number of thiazole rings is 1. The molecule has 2 atom stereocenters. The summed E-state index contributed by atoms with van der Waals surface area (Å²) in [6, 6.07) is 0. The van der Waals surface area contributed by atoms with Crippen molar-refractivity contribution in [3.05, 3.63) is 15.6 Å². The van der Waals surface area contributed by atoms with Crippen LogP contribution in [0, 0.1) is 6.92 Å². The molecule has 1 aromatic rings. The van der Waals surface area contributed by atoms with Gasteiger partial charge in [-0.2, -0.15) is 11.8 Å². The molecule has 20 heavy (non-hydrogen) atoms. The Morgan fingerprint density at radius 2 is 2.30 bits per heavy atom. The first-order chi connectivity index (χ1) is 9.64. The summed E-state index contributed by atoms with van der Waals surface area (Å²) in [6.45, 7) is 8.37. The van der Waals surface area contributed by atoms with Gasteiger partial charge < -0.3 is 10.1 Å². The van der Waals surface area contributed by atoms with Gasteiger partial charge in [0.2, 0.25) is 0 Å². The van der Waals surface area contributed by atoms with Crippen LogP contribution in [-0.2, 0) is 16.7 Å². The lowest BCUT2D eigenvalue weighted by Crippen LogP contribution is -2.52. The van der Waals surface area contributed by atoms with E-state index in [1.54, 1.807) is 7.11 Å². The van der Waals surface area contributed by atoms with Gasteiger partial charge in [0.05, 0.1) is 17.8 Å². The minimum Gasteiger partial charge on any atom is -0.383 e. The van der Waals surface area contributed by atoms with Crippen molar-refractivity contribution in [1.82, 2.24) is 10.3 Å². The highest BCUT2D eigenvalue weighted by molar-refractivity contribution is 8.00. The van der Waals surface area contributed by atoms with Crippen LogP contribution in [0.1, 0.15) is 42.3 Å². The van der Waals surface area contributed by atoms with Crippen molar-refractivity contribution in [2.45, 2.75) is 50.8 Å². The van der Waals surface area contributed by atoms with Crippen LogP contribution in [0.4, 0.5) is 0 Å². The number of hydrogen-bond acceptors (Lipinski definition) is 5. The van der Waals surface area contributed by atoms with E-state index in [1.807, 2.05) is 11.3 Å². The van der Waals surface area contributed by atoms with Crippen LogP contribution in [-0.4, -0.2) is 36.2 Å². The number of aryl methyl sites for hydroxylation is 2. The summed E-state index contributed by atoms with van der Waals surface area (Å²) in [7, 11) is 1.76.